The van der Waals surface area contributed by atoms with E-state index in [2.05, 4.69) is 27.5 Å². The Morgan fingerprint density at radius 2 is 1.83 bits per heavy atom. The van der Waals surface area contributed by atoms with Gasteiger partial charge < -0.3 is 9.47 Å². The van der Waals surface area contributed by atoms with E-state index in [1.54, 1.807) is 16.2 Å². The first-order valence-corrected chi connectivity index (χ1v) is 13.7. The van der Waals surface area contributed by atoms with E-state index in [1.807, 2.05) is 45.9 Å². The number of hydrogen-bond donors (Lipinski definition) is 2. The van der Waals surface area contributed by atoms with Gasteiger partial charge in [-0.05, 0) is 69.4 Å². The molecule has 2 aromatic carbocycles. The number of ether oxygens (including phenoxy) is 2. The number of methoxy groups -OCH3 is 1. The van der Waals surface area contributed by atoms with Gasteiger partial charge in [0.1, 0.15) is 5.49 Å². The Bertz CT molecular complexity index is 1800. The number of H-pyrrole nitrogens is 2. The number of ketones is 1. The topological polar surface area (TPSA) is 136 Å². The standard InChI is InChI=1S/C30H34N6O5/c1-6-41-25-14-20-9-11-35-22(21(20)15-24(25)40-5)16-26(31-27-18(3)12-17(2)13-19(27)4)36(30(35)39)10-7-8-23(37)28-29(38)33-34-32-28/h12-16H,6-11H2,1-5H3,(H2,32,33,34,38). The quantitative estimate of drug-likeness (QED) is 0.302. The van der Waals surface area contributed by atoms with Crippen molar-refractivity contribution in [2.45, 2.75) is 60.0 Å². The zero-order chi connectivity index (χ0) is 29.3. The lowest BCUT2D eigenvalue weighted by atomic mass is 9.97. The van der Waals surface area contributed by atoms with Crippen LogP contribution in [-0.4, -0.2) is 44.0 Å². The molecule has 0 bridgehead atoms. The summed E-state index contributed by atoms with van der Waals surface area (Å²) in [5.41, 5.74) is 6.19. The predicted molar refractivity (Wildman–Crippen MR) is 154 cm³/mol. The molecule has 0 amide bonds. The Labute approximate surface area is 236 Å². The average Bonchev–Trinajstić information content (AvgIpc) is 3.37. The summed E-state index contributed by atoms with van der Waals surface area (Å²) in [6.07, 6.45) is 1.05. The highest BCUT2D eigenvalue weighted by Crippen LogP contribution is 2.37. The second kappa shape index (κ2) is 11.4. The molecule has 2 N–H and O–H groups in total. The van der Waals surface area contributed by atoms with Crippen molar-refractivity contribution in [3.05, 3.63) is 84.6 Å². The molecule has 11 heteroatoms. The number of carbonyl (C=O) groups excluding carboxylic acids is 1. The van der Waals surface area contributed by atoms with Gasteiger partial charge in [0.05, 0.1) is 25.1 Å². The molecule has 11 nitrogen and oxygen atoms in total. The smallest absolute Gasteiger partial charge is 0.330 e. The van der Waals surface area contributed by atoms with Gasteiger partial charge in [0.15, 0.2) is 23.0 Å². The summed E-state index contributed by atoms with van der Waals surface area (Å²) in [7, 11) is 1.60. The molecule has 214 valence electrons. The van der Waals surface area contributed by atoms with Crippen molar-refractivity contribution in [3.63, 3.8) is 0 Å². The van der Waals surface area contributed by atoms with E-state index >= 15 is 0 Å². The van der Waals surface area contributed by atoms with Gasteiger partial charge in [-0.1, -0.05) is 17.7 Å². The number of hydrogen-bond acceptors (Lipinski definition) is 7. The molecule has 0 radical (unpaired) electrons. The number of aromatic nitrogens is 5. The third-order valence-corrected chi connectivity index (χ3v) is 7.33. The van der Waals surface area contributed by atoms with E-state index in [0.717, 1.165) is 39.2 Å². The van der Waals surface area contributed by atoms with Crippen LogP contribution < -0.4 is 26.2 Å². The van der Waals surface area contributed by atoms with Crippen molar-refractivity contribution >= 4 is 11.5 Å². The van der Waals surface area contributed by atoms with Gasteiger partial charge in [-0.15, -0.1) is 0 Å². The van der Waals surface area contributed by atoms with Crippen LogP contribution in [0.2, 0.25) is 0 Å². The fourth-order valence-electron chi connectivity index (χ4n) is 5.49. The molecule has 0 saturated heterocycles. The molecule has 0 saturated carbocycles. The lowest BCUT2D eigenvalue weighted by Gasteiger charge is -2.25. The highest BCUT2D eigenvalue weighted by atomic mass is 16.5. The molecule has 0 unspecified atom stereocenters. The number of aromatic amines is 2. The minimum atomic E-state index is -0.556. The van der Waals surface area contributed by atoms with E-state index < -0.39 is 5.56 Å². The van der Waals surface area contributed by atoms with Crippen LogP contribution in [0.5, 0.6) is 11.5 Å². The summed E-state index contributed by atoms with van der Waals surface area (Å²) in [6.45, 7) is 9.22. The molecule has 5 rings (SSSR count). The van der Waals surface area contributed by atoms with Crippen LogP contribution in [0.25, 0.3) is 11.3 Å². The minimum Gasteiger partial charge on any atom is -0.493 e. The van der Waals surface area contributed by atoms with E-state index in [9.17, 15) is 14.4 Å². The minimum absolute atomic E-state index is 0.0599. The first kappa shape index (κ1) is 27.9. The molecule has 4 aromatic rings. The van der Waals surface area contributed by atoms with Gasteiger partial charge in [-0.2, -0.15) is 5.10 Å². The van der Waals surface area contributed by atoms with E-state index in [4.69, 9.17) is 14.5 Å². The van der Waals surface area contributed by atoms with Gasteiger partial charge in [0.2, 0.25) is 0 Å². The van der Waals surface area contributed by atoms with Crippen LogP contribution in [-0.2, 0) is 19.5 Å². The summed E-state index contributed by atoms with van der Waals surface area (Å²) in [5, 5.41) is 8.30. The third kappa shape index (κ3) is 5.39. The van der Waals surface area contributed by atoms with E-state index in [1.165, 1.54) is 0 Å². The average molecular weight is 559 g/mol. The van der Waals surface area contributed by atoms with Crippen molar-refractivity contribution in [1.29, 1.82) is 0 Å². The fourth-order valence-corrected chi connectivity index (χ4v) is 5.49. The van der Waals surface area contributed by atoms with Crippen molar-refractivity contribution < 1.29 is 14.3 Å². The molecule has 0 spiro atoms. The van der Waals surface area contributed by atoms with Crippen LogP contribution in [0.1, 0.15) is 52.5 Å². The molecule has 1 aliphatic heterocycles. The van der Waals surface area contributed by atoms with Gasteiger partial charge in [0, 0.05) is 31.1 Å². The summed E-state index contributed by atoms with van der Waals surface area (Å²) >= 11 is 0. The number of nitrogens with one attached hydrogen (secondary N) is 2. The van der Waals surface area contributed by atoms with Crippen LogP contribution in [0.3, 0.4) is 0 Å². The number of benzene rings is 2. The van der Waals surface area contributed by atoms with Gasteiger partial charge in [-0.25, -0.2) is 20.1 Å². The summed E-state index contributed by atoms with van der Waals surface area (Å²) in [6, 6.07) is 9.97. The third-order valence-electron chi connectivity index (χ3n) is 7.33. The number of nitrogens with zero attached hydrogens (tertiary/aromatic N) is 4. The SMILES string of the molecule is CCOc1cc2c(cc1OC)-c1cc(=Nc3c(C)cc(C)cc3C)n(CCCC(=O)c3n[nH][nH]c3=O)c(=O)n1CC2. The first-order valence-electron chi connectivity index (χ1n) is 13.7. The first-order chi connectivity index (χ1) is 19.7. The van der Waals surface area contributed by atoms with Crippen molar-refractivity contribution in [1.82, 2.24) is 24.5 Å². The number of Topliss-reactive ketones (excluding diaryl/α,β-unsaturated/α-hetero) is 1. The molecule has 3 heterocycles. The van der Waals surface area contributed by atoms with Crippen molar-refractivity contribution in [2.24, 2.45) is 4.99 Å². The summed E-state index contributed by atoms with van der Waals surface area (Å²) in [5.74, 6) is 0.881. The monoisotopic (exact) mass is 558 g/mol. The molecule has 0 aliphatic carbocycles. The molecule has 0 atom stereocenters. The van der Waals surface area contributed by atoms with E-state index in [0.29, 0.717) is 43.0 Å². The lowest BCUT2D eigenvalue weighted by Crippen LogP contribution is -2.42. The van der Waals surface area contributed by atoms with Crippen LogP contribution in [0.15, 0.2) is 44.9 Å². The predicted octanol–water partition coefficient (Wildman–Crippen LogP) is 3.51. The normalized spacial score (nSPS) is 12.7. The highest BCUT2D eigenvalue weighted by molar-refractivity contribution is 5.93. The zero-order valence-corrected chi connectivity index (χ0v) is 24.0. The Morgan fingerprint density at radius 3 is 2.49 bits per heavy atom. The van der Waals surface area contributed by atoms with Crippen LogP contribution in [0.4, 0.5) is 5.69 Å². The summed E-state index contributed by atoms with van der Waals surface area (Å²) < 4.78 is 14.8. The van der Waals surface area contributed by atoms with Crippen LogP contribution >= 0.6 is 0 Å². The molecular weight excluding hydrogens is 524 g/mol. The maximum absolute atomic E-state index is 14.0. The largest absolute Gasteiger partial charge is 0.493 e. The van der Waals surface area contributed by atoms with Gasteiger partial charge in [-0.3, -0.25) is 18.7 Å². The van der Waals surface area contributed by atoms with Gasteiger partial charge >= 0.3 is 5.69 Å². The van der Waals surface area contributed by atoms with Crippen LogP contribution in [0, 0.1) is 20.8 Å². The summed E-state index contributed by atoms with van der Waals surface area (Å²) in [4.78, 5) is 43.4. The Kier molecular flexibility index (Phi) is 7.78. The maximum Gasteiger partial charge on any atom is 0.330 e. The molecule has 41 heavy (non-hydrogen) atoms. The second-order valence-electron chi connectivity index (χ2n) is 10.2. The Morgan fingerprint density at radius 1 is 1.07 bits per heavy atom. The van der Waals surface area contributed by atoms with Crippen molar-refractivity contribution in [2.75, 3.05) is 13.7 Å². The zero-order valence-electron chi connectivity index (χ0n) is 24.0. The molecule has 2 aromatic heterocycles. The Hall–Kier alpha value is -4.67. The number of rotatable bonds is 9. The molecular formula is C30H34N6O5. The Balaban J connectivity index is 1.64. The maximum atomic E-state index is 14.0. The van der Waals surface area contributed by atoms with Gasteiger partial charge in [0.25, 0.3) is 5.56 Å². The molecule has 0 fully saturated rings. The van der Waals surface area contributed by atoms with Crippen molar-refractivity contribution in [3.8, 4) is 22.8 Å². The number of carbonyl (C=O) groups is 1. The van der Waals surface area contributed by atoms with E-state index in [-0.39, 0.29) is 30.1 Å². The second-order valence-corrected chi connectivity index (χ2v) is 10.2. The lowest BCUT2D eigenvalue weighted by molar-refractivity contribution is 0.0972. The fraction of sp³-hybridized carbons (Fsp3) is 0.367. The number of aryl methyl sites for hydroxylation is 4. The number of fused-ring (bicyclic) bond motifs is 3. The molecule has 1 aliphatic rings. The highest BCUT2D eigenvalue weighted by Gasteiger charge is 2.23.